The highest BCUT2D eigenvalue weighted by molar-refractivity contribution is 9.10. The number of nitrogens with zero attached hydrogens (tertiary/aromatic N) is 1. The summed E-state index contributed by atoms with van der Waals surface area (Å²) in [6.07, 6.45) is 0. The molecule has 0 saturated carbocycles. The molecule has 2 aromatic carbocycles. The van der Waals surface area contributed by atoms with Gasteiger partial charge in [0.25, 0.3) is 11.6 Å². The van der Waals surface area contributed by atoms with E-state index in [1.807, 2.05) is 0 Å². The van der Waals surface area contributed by atoms with Crippen LogP contribution in [0, 0.1) is 22.9 Å². The highest BCUT2D eigenvalue weighted by atomic mass is 79.9. The average molecular weight is 353 g/mol. The molecule has 1 N–H and O–H groups in total. The number of non-ortho nitro benzene ring substituents is 1. The molecule has 0 aliphatic carbocycles. The van der Waals surface area contributed by atoms with Gasteiger partial charge in [-0.3, -0.25) is 14.9 Å². The maximum absolute atomic E-state index is 13.4. The average Bonchev–Trinajstić information content (AvgIpc) is 2.43. The molecule has 21 heavy (non-hydrogen) atoms. The van der Waals surface area contributed by atoms with Gasteiger partial charge in [0.1, 0.15) is 5.82 Å². The fourth-order valence-electron chi connectivity index (χ4n) is 1.67. The second-order valence-electron chi connectivity index (χ2n) is 4.34. The van der Waals surface area contributed by atoms with Gasteiger partial charge >= 0.3 is 0 Å². The molecule has 0 fully saturated rings. The molecule has 1 amide bonds. The topological polar surface area (TPSA) is 72.2 Å². The maximum atomic E-state index is 13.4. The van der Waals surface area contributed by atoms with Crippen molar-refractivity contribution in [1.29, 1.82) is 0 Å². The van der Waals surface area contributed by atoms with Crippen LogP contribution in [0.5, 0.6) is 0 Å². The lowest BCUT2D eigenvalue weighted by molar-refractivity contribution is -0.384. The van der Waals surface area contributed by atoms with Gasteiger partial charge in [-0.25, -0.2) is 4.39 Å². The Hall–Kier alpha value is -2.28. The zero-order chi connectivity index (χ0) is 15.6. The van der Waals surface area contributed by atoms with E-state index in [0.29, 0.717) is 10.0 Å². The first-order valence-electron chi connectivity index (χ1n) is 5.90. The fourth-order valence-corrected chi connectivity index (χ4v) is 2.10. The zero-order valence-electron chi connectivity index (χ0n) is 10.9. The molecule has 0 atom stereocenters. The van der Waals surface area contributed by atoms with Gasteiger partial charge in [0.15, 0.2) is 0 Å². The van der Waals surface area contributed by atoms with E-state index in [1.165, 1.54) is 24.3 Å². The smallest absolute Gasteiger partial charge is 0.270 e. The Bertz CT molecular complexity index is 734. The highest BCUT2D eigenvalue weighted by Crippen LogP contribution is 2.24. The van der Waals surface area contributed by atoms with Crippen molar-refractivity contribution in [1.82, 2.24) is 0 Å². The number of rotatable bonds is 3. The lowest BCUT2D eigenvalue weighted by Gasteiger charge is -2.08. The molecule has 0 aromatic heterocycles. The molecule has 0 spiro atoms. The minimum atomic E-state index is -0.589. The van der Waals surface area contributed by atoms with E-state index in [0.717, 1.165) is 6.07 Å². The molecule has 0 heterocycles. The van der Waals surface area contributed by atoms with E-state index in [9.17, 15) is 19.3 Å². The molecule has 108 valence electrons. The van der Waals surface area contributed by atoms with Crippen LogP contribution >= 0.6 is 15.9 Å². The predicted octanol–water partition coefficient (Wildman–Crippen LogP) is 4.06. The molecule has 0 aliphatic rings. The SMILES string of the molecule is Cc1ccc(NC(=O)c2cc([N+](=O)[O-])ccc2Br)cc1F. The molecular weight excluding hydrogens is 343 g/mol. The monoisotopic (exact) mass is 352 g/mol. The minimum Gasteiger partial charge on any atom is -0.322 e. The largest absolute Gasteiger partial charge is 0.322 e. The van der Waals surface area contributed by atoms with Crippen LogP contribution in [0.25, 0.3) is 0 Å². The van der Waals surface area contributed by atoms with Crippen molar-refractivity contribution in [3.63, 3.8) is 0 Å². The number of carbonyl (C=O) groups is 1. The summed E-state index contributed by atoms with van der Waals surface area (Å²) in [4.78, 5) is 22.3. The third kappa shape index (κ3) is 3.43. The third-order valence-electron chi connectivity index (χ3n) is 2.84. The van der Waals surface area contributed by atoms with E-state index in [2.05, 4.69) is 21.2 Å². The normalized spacial score (nSPS) is 10.2. The number of anilines is 1. The standard InChI is InChI=1S/C14H10BrFN2O3/c1-8-2-3-9(6-13(8)16)17-14(19)11-7-10(18(20)21)4-5-12(11)15/h2-7H,1H3,(H,17,19). The van der Waals surface area contributed by atoms with Crippen LogP contribution in [0.4, 0.5) is 15.8 Å². The summed E-state index contributed by atoms with van der Waals surface area (Å²) in [6, 6.07) is 8.15. The van der Waals surface area contributed by atoms with Crippen LogP contribution in [0.1, 0.15) is 15.9 Å². The number of benzene rings is 2. The summed E-state index contributed by atoms with van der Waals surface area (Å²) in [5.41, 5.74) is 0.648. The summed E-state index contributed by atoms with van der Waals surface area (Å²) in [5.74, 6) is -1.00. The highest BCUT2D eigenvalue weighted by Gasteiger charge is 2.16. The van der Waals surface area contributed by atoms with Crippen molar-refractivity contribution in [3.8, 4) is 0 Å². The molecule has 0 saturated heterocycles. The van der Waals surface area contributed by atoms with Gasteiger partial charge in [0, 0.05) is 22.3 Å². The summed E-state index contributed by atoms with van der Waals surface area (Å²) < 4.78 is 13.8. The number of nitrogens with one attached hydrogen (secondary N) is 1. The van der Waals surface area contributed by atoms with Gasteiger partial charge in [-0.15, -0.1) is 0 Å². The number of amides is 1. The summed E-state index contributed by atoms with van der Waals surface area (Å²) in [6.45, 7) is 1.61. The quantitative estimate of drug-likeness (QED) is 0.668. The zero-order valence-corrected chi connectivity index (χ0v) is 12.5. The number of carbonyl (C=O) groups excluding carboxylic acids is 1. The number of hydrogen-bond donors (Lipinski definition) is 1. The van der Waals surface area contributed by atoms with Crippen LogP contribution in [-0.4, -0.2) is 10.8 Å². The first-order valence-corrected chi connectivity index (χ1v) is 6.69. The first kappa shape index (κ1) is 15.1. The Kier molecular flexibility index (Phi) is 4.32. The van der Waals surface area contributed by atoms with E-state index in [4.69, 9.17) is 0 Å². The molecule has 0 unspecified atom stereocenters. The van der Waals surface area contributed by atoms with Gasteiger partial charge in [-0.05, 0) is 46.6 Å². The van der Waals surface area contributed by atoms with E-state index in [1.54, 1.807) is 13.0 Å². The summed E-state index contributed by atoms with van der Waals surface area (Å²) in [7, 11) is 0. The Morgan fingerprint density at radius 1 is 1.29 bits per heavy atom. The van der Waals surface area contributed by atoms with E-state index >= 15 is 0 Å². The Morgan fingerprint density at radius 2 is 2.00 bits per heavy atom. The molecule has 5 nitrogen and oxygen atoms in total. The van der Waals surface area contributed by atoms with Crippen LogP contribution in [0.2, 0.25) is 0 Å². The minimum absolute atomic E-state index is 0.102. The first-order chi connectivity index (χ1) is 9.88. The van der Waals surface area contributed by atoms with Crippen molar-refractivity contribution >= 4 is 33.2 Å². The van der Waals surface area contributed by atoms with E-state index in [-0.39, 0.29) is 16.9 Å². The Labute approximate surface area is 128 Å². The number of halogens is 2. The second kappa shape index (κ2) is 6.01. The molecule has 7 heteroatoms. The van der Waals surface area contributed by atoms with Gasteiger partial charge in [-0.2, -0.15) is 0 Å². The van der Waals surface area contributed by atoms with Crippen molar-refractivity contribution < 1.29 is 14.1 Å². The fraction of sp³-hybridized carbons (Fsp3) is 0.0714. The van der Waals surface area contributed by atoms with Gasteiger partial charge in [0.05, 0.1) is 10.5 Å². The predicted molar refractivity (Wildman–Crippen MR) is 79.9 cm³/mol. The Balaban J connectivity index is 2.29. The number of aryl methyl sites for hydroxylation is 1. The van der Waals surface area contributed by atoms with Crippen LogP contribution in [-0.2, 0) is 0 Å². The second-order valence-corrected chi connectivity index (χ2v) is 5.19. The molecule has 0 bridgehead atoms. The number of nitro benzene ring substituents is 1. The summed E-state index contributed by atoms with van der Waals surface area (Å²) >= 11 is 3.16. The molecule has 0 aliphatic heterocycles. The van der Waals surface area contributed by atoms with E-state index < -0.39 is 16.6 Å². The van der Waals surface area contributed by atoms with Crippen LogP contribution < -0.4 is 5.32 Å². The number of hydrogen-bond acceptors (Lipinski definition) is 3. The van der Waals surface area contributed by atoms with Crippen molar-refractivity contribution in [2.75, 3.05) is 5.32 Å². The molecule has 2 rings (SSSR count). The van der Waals surface area contributed by atoms with Crippen molar-refractivity contribution in [3.05, 3.63) is 67.9 Å². The lowest BCUT2D eigenvalue weighted by Crippen LogP contribution is -2.13. The van der Waals surface area contributed by atoms with Gasteiger partial charge < -0.3 is 5.32 Å². The Morgan fingerprint density at radius 3 is 2.62 bits per heavy atom. The van der Waals surface area contributed by atoms with Gasteiger partial charge in [0.2, 0.25) is 0 Å². The molecule has 0 radical (unpaired) electrons. The van der Waals surface area contributed by atoms with Crippen LogP contribution in [0.15, 0.2) is 40.9 Å². The summed E-state index contributed by atoms with van der Waals surface area (Å²) in [5, 5.41) is 13.2. The third-order valence-corrected chi connectivity index (χ3v) is 3.53. The van der Waals surface area contributed by atoms with Crippen molar-refractivity contribution in [2.24, 2.45) is 0 Å². The lowest BCUT2D eigenvalue weighted by atomic mass is 10.1. The molecular formula is C14H10BrFN2O3. The molecule has 2 aromatic rings. The van der Waals surface area contributed by atoms with Crippen molar-refractivity contribution in [2.45, 2.75) is 6.92 Å². The van der Waals surface area contributed by atoms with Gasteiger partial charge in [-0.1, -0.05) is 6.07 Å². The van der Waals surface area contributed by atoms with Crippen LogP contribution in [0.3, 0.4) is 0 Å². The number of nitro groups is 1. The maximum Gasteiger partial charge on any atom is 0.270 e.